The second-order valence-corrected chi connectivity index (χ2v) is 6.20. The van der Waals surface area contributed by atoms with Gasteiger partial charge in [0, 0.05) is 40.1 Å². The lowest BCUT2D eigenvalue weighted by molar-refractivity contribution is 0.0942. The van der Waals surface area contributed by atoms with Crippen LogP contribution in [0, 0.1) is 0 Å². The average Bonchev–Trinajstić information content (AvgIpc) is 3.07. The molecule has 0 radical (unpaired) electrons. The monoisotopic (exact) mass is 299 g/mol. The van der Waals surface area contributed by atoms with Crippen LogP contribution in [0.2, 0.25) is 0 Å². The van der Waals surface area contributed by atoms with Gasteiger partial charge in [-0.1, -0.05) is 6.07 Å². The van der Waals surface area contributed by atoms with Crippen molar-refractivity contribution in [3.8, 4) is 0 Å². The van der Waals surface area contributed by atoms with Gasteiger partial charge < -0.3 is 16.0 Å². The van der Waals surface area contributed by atoms with Crippen LogP contribution in [0.15, 0.2) is 41.9 Å². The number of rotatable bonds is 4. The summed E-state index contributed by atoms with van der Waals surface area (Å²) in [5.41, 5.74) is 8.01. The summed E-state index contributed by atoms with van der Waals surface area (Å²) in [5, 5.41) is 5.94. The summed E-state index contributed by atoms with van der Waals surface area (Å²) in [5.74, 6) is -0.0732. The van der Waals surface area contributed by atoms with Crippen LogP contribution < -0.4 is 11.1 Å². The van der Waals surface area contributed by atoms with Gasteiger partial charge in [0.05, 0.1) is 5.56 Å². The molecule has 2 heterocycles. The van der Waals surface area contributed by atoms with E-state index < -0.39 is 0 Å². The van der Waals surface area contributed by atoms with Gasteiger partial charge in [-0.25, -0.2) is 0 Å². The zero-order chi connectivity index (χ0) is 14.8. The standard InChI is InChI=1S/C16H17N3OS/c1-10(7-12-3-2-6-21-12)19-16(20)14-9-18-15-5-4-11(17)8-13(14)15/h2-6,8-10,18H,7,17H2,1H3,(H,19,20). The zero-order valence-electron chi connectivity index (χ0n) is 11.7. The summed E-state index contributed by atoms with van der Waals surface area (Å²) in [7, 11) is 0. The molecule has 5 heteroatoms. The molecule has 1 atom stereocenters. The largest absolute Gasteiger partial charge is 0.399 e. The minimum absolute atomic E-state index is 0.0732. The van der Waals surface area contributed by atoms with Crippen molar-refractivity contribution in [2.24, 2.45) is 0 Å². The maximum absolute atomic E-state index is 12.4. The van der Waals surface area contributed by atoms with Crippen molar-refractivity contribution in [2.45, 2.75) is 19.4 Å². The third-order valence-corrected chi connectivity index (χ3v) is 4.31. The summed E-state index contributed by atoms with van der Waals surface area (Å²) in [6, 6.07) is 9.72. The Morgan fingerprint density at radius 2 is 2.29 bits per heavy atom. The van der Waals surface area contributed by atoms with Crippen LogP contribution >= 0.6 is 11.3 Å². The number of carbonyl (C=O) groups excluding carboxylic acids is 1. The van der Waals surface area contributed by atoms with Crippen LogP contribution in [0.1, 0.15) is 22.2 Å². The zero-order valence-corrected chi connectivity index (χ0v) is 12.5. The number of H-pyrrole nitrogens is 1. The van der Waals surface area contributed by atoms with E-state index in [1.807, 2.05) is 36.6 Å². The number of nitrogens with two attached hydrogens (primary N) is 1. The van der Waals surface area contributed by atoms with E-state index in [-0.39, 0.29) is 11.9 Å². The minimum Gasteiger partial charge on any atom is -0.399 e. The minimum atomic E-state index is -0.0732. The highest BCUT2D eigenvalue weighted by molar-refractivity contribution is 7.09. The predicted octanol–water partition coefficient (Wildman–Crippen LogP) is 3.17. The third kappa shape index (κ3) is 2.92. The van der Waals surface area contributed by atoms with Gasteiger partial charge in [-0.05, 0) is 36.6 Å². The molecule has 0 aliphatic heterocycles. The molecule has 0 saturated carbocycles. The Morgan fingerprint density at radius 3 is 3.05 bits per heavy atom. The van der Waals surface area contributed by atoms with Gasteiger partial charge in [-0.3, -0.25) is 4.79 Å². The highest BCUT2D eigenvalue weighted by Gasteiger charge is 2.15. The number of aromatic amines is 1. The van der Waals surface area contributed by atoms with Crippen molar-refractivity contribution in [1.29, 1.82) is 0 Å². The van der Waals surface area contributed by atoms with Gasteiger partial charge in [0.2, 0.25) is 0 Å². The second kappa shape index (κ2) is 5.61. The Labute approximate surface area is 127 Å². The molecular weight excluding hydrogens is 282 g/mol. The van der Waals surface area contributed by atoms with Crippen LogP contribution in [0.25, 0.3) is 10.9 Å². The number of aromatic nitrogens is 1. The Bertz CT molecular complexity index is 761. The Hall–Kier alpha value is -2.27. The first kappa shape index (κ1) is 13.7. The molecule has 4 N–H and O–H groups in total. The number of anilines is 1. The molecule has 3 aromatic rings. The van der Waals surface area contributed by atoms with Crippen molar-refractivity contribution < 1.29 is 4.79 Å². The topological polar surface area (TPSA) is 70.9 Å². The number of nitrogen functional groups attached to an aromatic ring is 1. The van der Waals surface area contributed by atoms with E-state index in [2.05, 4.69) is 16.4 Å². The van der Waals surface area contributed by atoms with Crippen LogP contribution in [0.4, 0.5) is 5.69 Å². The second-order valence-electron chi connectivity index (χ2n) is 5.17. The maximum atomic E-state index is 12.4. The summed E-state index contributed by atoms with van der Waals surface area (Å²) >= 11 is 1.71. The number of thiophene rings is 1. The molecule has 3 rings (SSSR count). The van der Waals surface area contributed by atoms with E-state index in [9.17, 15) is 4.79 Å². The summed E-state index contributed by atoms with van der Waals surface area (Å²) in [6.45, 7) is 2.01. The molecule has 2 aromatic heterocycles. The highest BCUT2D eigenvalue weighted by Crippen LogP contribution is 2.21. The molecule has 0 aliphatic carbocycles. The summed E-state index contributed by atoms with van der Waals surface area (Å²) < 4.78 is 0. The molecule has 1 amide bonds. The summed E-state index contributed by atoms with van der Waals surface area (Å²) in [6.07, 6.45) is 2.57. The van der Waals surface area contributed by atoms with Crippen molar-refractivity contribution in [3.05, 3.63) is 52.3 Å². The van der Waals surface area contributed by atoms with Crippen LogP contribution in [-0.2, 0) is 6.42 Å². The van der Waals surface area contributed by atoms with Gasteiger partial charge >= 0.3 is 0 Å². The number of fused-ring (bicyclic) bond motifs is 1. The van der Waals surface area contributed by atoms with Crippen LogP contribution in [0.5, 0.6) is 0 Å². The average molecular weight is 299 g/mol. The van der Waals surface area contributed by atoms with Gasteiger partial charge in [-0.2, -0.15) is 0 Å². The molecule has 1 aromatic carbocycles. The molecule has 0 saturated heterocycles. The van der Waals surface area contributed by atoms with Crippen LogP contribution in [0.3, 0.4) is 0 Å². The number of hydrogen-bond acceptors (Lipinski definition) is 3. The predicted molar refractivity (Wildman–Crippen MR) is 87.7 cm³/mol. The van der Waals surface area contributed by atoms with E-state index in [1.165, 1.54) is 4.88 Å². The van der Waals surface area contributed by atoms with E-state index >= 15 is 0 Å². The normalized spacial score (nSPS) is 12.4. The molecule has 108 valence electrons. The fourth-order valence-corrected chi connectivity index (χ4v) is 3.24. The highest BCUT2D eigenvalue weighted by atomic mass is 32.1. The third-order valence-electron chi connectivity index (χ3n) is 3.42. The van der Waals surface area contributed by atoms with E-state index in [0.717, 1.165) is 17.3 Å². The fourth-order valence-electron chi connectivity index (χ4n) is 2.41. The number of nitrogens with one attached hydrogen (secondary N) is 2. The Kier molecular flexibility index (Phi) is 3.66. The van der Waals surface area contributed by atoms with Gasteiger partial charge in [0.15, 0.2) is 0 Å². The maximum Gasteiger partial charge on any atom is 0.253 e. The fraction of sp³-hybridized carbons (Fsp3) is 0.188. The number of carbonyl (C=O) groups is 1. The first-order valence-electron chi connectivity index (χ1n) is 6.83. The van der Waals surface area contributed by atoms with E-state index in [4.69, 9.17) is 5.73 Å². The van der Waals surface area contributed by atoms with E-state index in [0.29, 0.717) is 11.3 Å². The lowest BCUT2D eigenvalue weighted by Gasteiger charge is -2.12. The molecule has 0 fully saturated rings. The lowest BCUT2D eigenvalue weighted by atomic mass is 10.1. The number of benzene rings is 1. The van der Waals surface area contributed by atoms with Gasteiger partial charge in [0.1, 0.15) is 0 Å². The number of hydrogen-bond donors (Lipinski definition) is 3. The van der Waals surface area contributed by atoms with Gasteiger partial charge in [-0.15, -0.1) is 11.3 Å². The Balaban J connectivity index is 1.76. The molecule has 0 bridgehead atoms. The van der Waals surface area contributed by atoms with Crippen LogP contribution in [-0.4, -0.2) is 16.9 Å². The van der Waals surface area contributed by atoms with E-state index in [1.54, 1.807) is 17.5 Å². The SMILES string of the molecule is CC(Cc1cccs1)NC(=O)c1c[nH]c2ccc(N)cc12. The molecule has 4 nitrogen and oxygen atoms in total. The van der Waals surface area contributed by atoms with Crippen molar-refractivity contribution in [2.75, 3.05) is 5.73 Å². The number of amides is 1. The molecule has 0 aliphatic rings. The molecular formula is C16H17N3OS. The summed E-state index contributed by atoms with van der Waals surface area (Å²) in [4.78, 5) is 16.8. The lowest BCUT2D eigenvalue weighted by Crippen LogP contribution is -2.33. The Morgan fingerprint density at radius 1 is 1.43 bits per heavy atom. The first-order chi connectivity index (χ1) is 10.1. The van der Waals surface area contributed by atoms with Crippen molar-refractivity contribution in [1.82, 2.24) is 10.3 Å². The molecule has 0 spiro atoms. The molecule has 1 unspecified atom stereocenters. The molecule has 21 heavy (non-hydrogen) atoms. The van der Waals surface area contributed by atoms with Gasteiger partial charge in [0.25, 0.3) is 5.91 Å². The smallest absolute Gasteiger partial charge is 0.253 e. The van der Waals surface area contributed by atoms with Crippen molar-refractivity contribution >= 4 is 33.8 Å². The quantitative estimate of drug-likeness (QED) is 0.648. The first-order valence-corrected chi connectivity index (χ1v) is 7.71. The van der Waals surface area contributed by atoms with Crippen molar-refractivity contribution in [3.63, 3.8) is 0 Å².